The number of carboxylic acids is 1. The normalized spacial score (nSPS) is 18.8. The number of hydrogen-bond acceptors (Lipinski definition) is 4. The van der Waals surface area contributed by atoms with Crippen LogP contribution in [0.25, 0.3) is 0 Å². The van der Waals surface area contributed by atoms with Gasteiger partial charge in [-0.05, 0) is 67.2 Å². The van der Waals surface area contributed by atoms with E-state index in [2.05, 4.69) is 4.90 Å². The Morgan fingerprint density at radius 3 is 2.28 bits per heavy atom. The number of hydrogen-bond donors (Lipinski definition) is 1. The van der Waals surface area contributed by atoms with E-state index in [9.17, 15) is 19.5 Å². The van der Waals surface area contributed by atoms with Crippen LogP contribution in [0.3, 0.4) is 0 Å². The molecule has 2 aromatic rings. The van der Waals surface area contributed by atoms with E-state index in [4.69, 9.17) is 46.4 Å². The third kappa shape index (κ3) is 7.19. The molecule has 2 saturated heterocycles. The number of halogens is 4. The average Bonchev–Trinajstić information content (AvgIpc) is 3.41. The van der Waals surface area contributed by atoms with Crippen LogP contribution in [0, 0.1) is 0 Å². The van der Waals surface area contributed by atoms with Crippen molar-refractivity contribution in [2.75, 3.05) is 32.7 Å². The molecule has 2 aliphatic heterocycles. The van der Waals surface area contributed by atoms with Crippen molar-refractivity contribution in [3.8, 4) is 0 Å². The van der Waals surface area contributed by atoms with Crippen LogP contribution >= 0.6 is 46.4 Å². The van der Waals surface area contributed by atoms with Crippen molar-refractivity contribution in [3.05, 3.63) is 67.1 Å². The number of carbonyl (C=O) groups excluding carboxylic acids is 2. The van der Waals surface area contributed by atoms with E-state index >= 15 is 0 Å². The molecule has 0 aliphatic carbocycles. The summed E-state index contributed by atoms with van der Waals surface area (Å²) < 4.78 is 0. The maximum absolute atomic E-state index is 13.5. The number of amides is 2. The molecule has 0 saturated carbocycles. The summed E-state index contributed by atoms with van der Waals surface area (Å²) in [5, 5.41) is 11.9. The van der Waals surface area contributed by atoms with E-state index in [0.29, 0.717) is 56.4 Å². The molecule has 1 unspecified atom stereocenters. The molecular weight excluding hydrogens is 584 g/mol. The Bertz CT molecular complexity index is 1250. The van der Waals surface area contributed by atoms with E-state index in [1.807, 2.05) is 0 Å². The van der Waals surface area contributed by atoms with Crippen molar-refractivity contribution in [1.29, 1.82) is 0 Å². The van der Waals surface area contributed by atoms with Gasteiger partial charge in [-0.1, -0.05) is 58.5 Å². The first-order valence-corrected chi connectivity index (χ1v) is 14.5. The van der Waals surface area contributed by atoms with Gasteiger partial charge in [-0.2, -0.15) is 0 Å². The summed E-state index contributed by atoms with van der Waals surface area (Å²) in [6, 6.07) is 7.89. The number of carboxylic acid groups (broad SMARTS) is 1. The first-order valence-electron chi connectivity index (χ1n) is 13.0. The Balaban J connectivity index is 1.63. The molecule has 210 valence electrons. The Morgan fingerprint density at radius 2 is 1.64 bits per heavy atom. The smallest absolute Gasteiger partial charge is 0.311 e. The number of nitrogens with zero attached hydrogens (tertiary/aromatic N) is 3. The van der Waals surface area contributed by atoms with Gasteiger partial charge in [0.05, 0.1) is 38.5 Å². The van der Waals surface area contributed by atoms with Gasteiger partial charge in [0.25, 0.3) is 0 Å². The van der Waals surface area contributed by atoms with E-state index in [0.717, 1.165) is 25.9 Å². The van der Waals surface area contributed by atoms with Gasteiger partial charge in [-0.3, -0.25) is 19.3 Å². The van der Waals surface area contributed by atoms with Gasteiger partial charge in [0, 0.05) is 33.1 Å². The minimum absolute atomic E-state index is 0.0815. The molecule has 1 N–H and O–H groups in total. The molecule has 11 heteroatoms. The maximum Gasteiger partial charge on any atom is 0.311 e. The second-order valence-electron chi connectivity index (χ2n) is 10.2. The molecular formula is C28H31Cl4N3O4. The van der Waals surface area contributed by atoms with Crippen LogP contribution in [0.5, 0.6) is 0 Å². The van der Waals surface area contributed by atoms with Crippen LogP contribution in [0.4, 0.5) is 0 Å². The predicted octanol–water partition coefficient (Wildman–Crippen LogP) is 5.76. The molecule has 0 aromatic heterocycles. The lowest BCUT2D eigenvalue weighted by molar-refractivity contribution is -0.144. The van der Waals surface area contributed by atoms with Gasteiger partial charge in [-0.25, -0.2) is 0 Å². The van der Waals surface area contributed by atoms with Gasteiger partial charge >= 0.3 is 5.97 Å². The van der Waals surface area contributed by atoms with Gasteiger partial charge in [0.15, 0.2) is 0 Å². The van der Waals surface area contributed by atoms with Crippen LogP contribution in [-0.2, 0) is 27.3 Å². The van der Waals surface area contributed by atoms with Crippen LogP contribution in [0.15, 0.2) is 30.3 Å². The van der Waals surface area contributed by atoms with E-state index in [1.165, 1.54) is 6.92 Å². The fraction of sp³-hybridized carbons (Fsp3) is 0.464. The van der Waals surface area contributed by atoms with E-state index < -0.39 is 17.9 Å². The average molecular weight is 615 g/mol. The lowest BCUT2D eigenvalue weighted by Gasteiger charge is -2.42. The Labute approximate surface area is 248 Å². The van der Waals surface area contributed by atoms with Gasteiger partial charge in [0.1, 0.15) is 0 Å². The van der Waals surface area contributed by atoms with Crippen LogP contribution < -0.4 is 0 Å². The minimum Gasteiger partial charge on any atom is -0.481 e. The summed E-state index contributed by atoms with van der Waals surface area (Å²) in [6.45, 7) is 4.73. The third-order valence-electron chi connectivity index (χ3n) is 7.58. The Kier molecular flexibility index (Phi) is 10.0. The zero-order chi connectivity index (χ0) is 28.3. The molecule has 0 radical (unpaired) electrons. The van der Waals surface area contributed by atoms with E-state index in [1.54, 1.807) is 40.1 Å². The fourth-order valence-corrected chi connectivity index (χ4v) is 6.22. The highest BCUT2D eigenvalue weighted by Crippen LogP contribution is 2.37. The maximum atomic E-state index is 13.5. The highest BCUT2D eigenvalue weighted by molar-refractivity contribution is 6.42. The SMILES string of the molecule is CC(=O)N1CCN(C(=O)Cc2ccc(Cl)c(Cl)c2)[C@@H](CC(C(=O)O)c2ccc(Cl)c(Cl)c2CN2CCCC2)C1. The summed E-state index contributed by atoms with van der Waals surface area (Å²) in [6.07, 6.45) is 2.36. The van der Waals surface area contributed by atoms with Crippen LogP contribution in [0.2, 0.25) is 20.1 Å². The summed E-state index contributed by atoms with van der Waals surface area (Å²) in [5.74, 6) is -2.26. The molecule has 2 aliphatic rings. The highest BCUT2D eigenvalue weighted by atomic mass is 35.5. The number of benzene rings is 2. The van der Waals surface area contributed by atoms with Crippen molar-refractivity contribution in [2.24, 2.45) is 0 Å². The second-order valence-corrected chi connectivity index (χ2v) is 11.8. The quantitative estimate of drug-likeness (QED) is 0.409. The summed E-state index contributed by atoms with van der Waals surface area (Å²) in [5.41, 5.74) is 1.99. The van der Waals surface area contributed by atoms with Crippen LogP contribution in [0.1, 0.15) is 48.8 Å². The van der Waals surface area contributed by atoms with Gasteiger partial charge in [0.2, 0.25) is 11.8 Å². The molecule has 0 bridgehead atoms. The van der Waals surface area contributed by atoms with Crippen molar-refractivity contribution in [1.82, 2.24) is 14.7 Å². The number of likely N-dealkylation sites (tertiary alicyclic amines) is 1. The lowest BCUT2D eigenvalue weighted by Crippen LogP contribution is -2.57. The molecule has 2 aromatic carbocycles. The molecule has 2 atom stereocenters. The van der Waals surface area contributed by atoms with Crippen molar-refractivity contribution in [3.63, 3.8) is 0 Å². The number of aliphatic carboxylic acids is 1. The monoisotopic (exact) mass is 613 g/mol. The third-order valence-corrected chi connectivity index (χ3v) is 9.16. The van der Waals surface area contributed by atoms with E-state index in [-0.39, 0.29) is 31.2 Å². The molecule has 4 rings (SSSR count). The molecule has 7 nitrogen and oxygen atoms in total. The van der Waals surface area contributed by atoms with Crippen molar-refractivity contribution in [2.45, 2.75) is 51.1 Å². The van der Waals surface area contributed by atoms with Gasteiger partial charge in [-0.15, -0.1) is 0 Å². The molecule has 2 fully saturated rings. The summed E-state index contributed by atoms with van der Waals surface area (Å²) in [7, 11) is 0. The van der Waals surface area contributed by atoms with Crippen molar-refractivity contribution < 1.29 is 19.5 Å². The Morgan fingerprint density at radius 1 is 0.949 bits per heavy atom. The summed E-state index contributed by atoms with van der Waals surface area (Å²) >= 11 is 25.2. The number of carbonyl (C=O) groups is 3. The number of rotatable bonds is 8. The largest absolute Gasteiger partial charge is 0.481 e. The zero-order valence-corrected chi connectivity index (χ0v) is 24.7. The molecule has 39 heavy (non-hydrogen) atoms. The minimum atomic E-state index is -1.02. The lowest BCUT2D eigenvalue weighted by atomic mass is 9.87. The van der Waals surface area contributed by atoms with Gasteiger partial charge < -0.3 is 14.9 Å². The van der Waals surface area contributed by atoms with Crippen molar-refractivity contribution >= 4 is 64.2 Å². The molecule has 2 heterocycles. The first kappa shape index (κ1) is 29.9. The van der Waals surface area contributed by atoms with Crippen LogP contribution in [-0.4, -0.2) is 76.4 Å². The number of piperazine rings is 1. The highest BCUT2D eigenvalue weighted by Gasteiger charge is 2.36. The first-order chi connectivity index (χ1) is 18.5. The second kappa shape index (κ2) is 13.1. The predicted molar refractivity (Wildman–Crippen MR) is 154 cm³/mol. The zero-order valence-electron chi connectivity index (χ0n) is 21.6. The molecule has 0 spiro atoms. The Hall–Kier alpha value is -2.03. The molecule has 2 amide bonds. The summed E-state index contributed by atoms with van der Waals surface area (Å²) in [4.78, 5) is 44.0. The topological polar surface area (TPSA) is 81.2 Å². The standard InChI is InChI=1S/C28H31Cl4N3O4/c1-17(36)34-10-11-35(26(37)13-18-4-6-23(29)25(31)12-18)19(15-34)14-21(28(38)39)20-5-7-24(30)27(32)22(20)16-33-8-2-3-9-33/h4-7,12,19,21H,2-3,8-11,13-16H2,1H3,(H,38,39)/t19-,21?/m0/s1. The fourth-order valence-electron chi connectivity index (χ4n) is 5.49.